The van der Waals surface area contributed by atoms with E-state index in [1.54, 1.807) is 6.07 Å². The van der Waals surface area contributed by atoms with E-state index in [1.165, 1.54) is 31.3 Å². The molecule has 2 aromatic rings. The molecule has 0 aliphatic carbocycles. The van der Waals surface area contributed by atoms with Crippen LogP contribution in [-0.4, -0.2) is 44.6 Å². The van der Waals surface area contributed by atoms with Gasteiger partial charge in [-0.3, -0.25) is 24.5 Å². The van der Waals surface area contributed by atoms with Crippen molar-refractivity contribution in [3.63, 3.8) is 0 Å². The number of nitro benzene ring substituents is 1. The predicted molar refractivity (Wildman–Crippen MR) is 99.8 cm³/mol. The van der Waals surface area contributed by atoms with Gasteiger partial charge in [-0.15, -0.1) is 0 Å². The zero-order valence-corrected chi connectivity index (χ0v) is 15.8. The van der Waals surface area contributed by atoms with Gasteiger partial charge in [-0.05, 0) is 13.0 Å². The summed E-state index contributed by atoms with van der Waals surface area (Å²) in [7, 11) is 0. The number of hydrogen-bond acceptors (Lipinski definition) is 9. The molecule has 1 aromatic carbocycles. The van der Waals surface area contributed by atoms with Crippen LogP contribution < -0.4 is 11.2 Å². The number of aryl methyl sites for hydroxylation is 1. The number of para-hydroxylation sites is 1. The molecule has 160 valence electrons. The molecule has 2 N–H and O–H groups in total. The van der Waals surface area contributed by atoms with Crippen LogP contribution in [0.1, 0.15) is 23.8 Å². The molecule has 0 amide bonds. The van der Waals surface area contributed by atoms with E-state index in [4.69, 9.17) is 14.2 Å². The summed E-state index contributed by atoms with van der Waals surface area (Å²) in [6.07, 6.45) is -2.53. The second kappa shape index (κ2) is 8.88. The predicted octanol–water partition coefficient (Wildman–Crippen LogP) is 0.755. The molecule has 0 radical (unpaired) electrons. The minimum Gasteiger partial charge on any atom is -0.431 e. The summed E-state index contributed by atoms with van der Waals surface area (Å²) in [5.74, 6) is 0. The summed E-state index contributed by atoms with van der Waals surface area (Å²) < 4.78 is 16.5. The fourth-order valence-corrected chi connectivity index (χ4v) is 2.98. The van der Waals surface area contributed by atoms with Crippen molar-refractivity contribution in [3.05, 3.63) is 72.5 Å². The zero-order valence-electron chi connectivity index (χ0n) is 15.8. The van der Waals surface area contributed by atoms with Crippen molar-refractivity contribution in [3.8, 4) is 0 Å². The number of nitrogens with zero attached hydrogens (tertiary/aromatic N) is 2. The van der Waals surface area contributed by atoms with Crippen LogP contribution in [0.3, 0.4) is 0 Å². The molecule has 1 aromatic heterocycles. The molecule has 3 atom stereocenters. The highest BCUT2D eigenvalue weighted by molar-refractivity contribution is 5.60. The fraction of sp³-hybridized carbons (Fsp3) is 0.389. The lowest BCUT2D eigenvalue weighted by atomic mass is 10.2. The van der Waals surface area contributed by atoms with Crippen LogP contribution in [0, 0.1) is 17.0 Å². The number of ether oxygens (including phenoxy) is 3. The Hall–Kier alpha value is -3.51. The highest BCUT2D eigenvalue weighted by Gasteiger charge is 2.36. The SMILES string of the molecule is Cc1cn([C@H]2C[C@H](O)[C@@H](COC(=O)OCc3ccccc3[N+](=O)[O-])O2)c(=O)[nH]c1=O. The number of aliphatic hydroxyl groups is 1. The van der Waals surface area contributed by atoms with Crippen LogP contribution >= 0.6 is 0 Å². The first-order valence-corrected chi connectivity index (χ1v) is 8.93. The second-order valence-electron chi connectivity index (χ2n) is 6.65. The third kappa shape index (κ3) is 4.72. The van der Waals surface area contributed by atoms with Gasteiger partial charge in [0.25, 0.3) is 11.2 Å². The summed E-state index contributed by atoms with van der Waals surface area (Å²) >= 11 is 0. The van der Waals surface area contributed by atoms with E-state index in [1.807, 2.05) is 0 Å². The van der Waals surface area contributed by atoms with Crippen molar-refractivity contribution in [2.75, 3.05) is 6.61 Å². The molecule has 1 aliphatic heterocycles. The van der Waals surface area contributed by atoms with E-state index in [0.717, 1.165) is 4.57 Å². The van der Waals surface area contributed by atoms with E-state index in [-0.39, 0.29) is 30.9 Å². The molecule has 3 rings (SSSR count). The van der Waals surface area contributed by atoms with Crippen molar-refractivity contribution in [2.45, 2.75) is 38.4 Å². The average Bonchev–Trinajstić information content (AvgIpc) is 3.08. The maximum Gasteiger partial charge on any atom is 0.508 e. The summed E-state index contributed by atoms with van der Waals surface area (Å²) in [5.41, 5.74) is -0.899. The molecule has 12 nitrogen and oxygen atoms in total. The lowest BCUT2D eigenvalue weighted by molar-refractivity contribution is -0.385. The van der Waals surface area contributed by atoms with Gasteiger partial charge in [-0.1, -0.05) is 12.1 Å². The van der Waals surface area contributed by atoms with Gasteiger partial charge in [0.2, 0.25) is 0 Å². The largest absolute Gasteiger partial charge is 0.508 e. The number of carbonyl (C=O) groups excluding carboxylic acids is 1. The van der Waals surface area contributed by atoms with Crippen LogP contribution in [0.4, 0.5) is 10.5 Å². The maximum atomic E-state index is 11.9. The third-order valence-corrected chi connectivity index (χ3v) is 4.56. The first kappa shape index (κ1) is 21.2. The Balaban J connectivity index is 1.54. The van der Waals surface area contributed by atoms with Crippen molar-refractivity contribution in [2.24, 2.45) is 0 Å². The van der Waals surface area contributed by atoms with E-state index in [9.17, 15) is 29.6 Å². The smallest absolute Gasteiger partial charge is 0.431 e. The highest BCUT2D eigenvalue weighted by atomic mass is 16.7. The molecule has 0 saturated carbocycles. The topological polar surface area (TPSA) is 163 Å². The van der Waals surface area contributed by atoms with Crippen molar-refractivity contribution in [1.82, 2.24) is 9.55 Å². The number of carbonyl (C=O) groups is 1. The molecule has 0 bridgehead atoms. The molecule has 2 heterocycles. The first-order valence-electron chi connectivity index (χ1n) is 8.93. The third-order valence-electron chi connectivity index (χ3n) is 4.56. The summed E-state index contributed by atoms with van der Waals surface area (Å²) in [5, 5.41) is 21.1. The lowest BCUT2D eigenvalue weighted by Gasteiger charge is -2.16. The lowest BCUT2D eigenvalue weighted by Crippen LogP contribution is -2.33. The van der Waals surface area contributed by atoms with E-state index in [0.29, 0.717) is 5.56 Å². The van der Waals surface area contributed by atoms with E-state index in [2.05, 4.69) is 4.98 Å². The maximum absolute atomic E-state index is 11.9. The van der Waals surface area contributed by atoms with Gasteiger partial charge in [0.05, 0.1) is 16.6 Å². The summed E-state index contributed by atoms with van der Waals surface area (Å²) in [6.45, 7) is 0.803. The first-order chi connectivity index (χ1) is 14.3. The monoisotopic (exact) mass is 421 g/mol. The Morgan fingerprint density at radius 2 is 2.10 bits per heavy atom. The normalized spacial score (nSPS) is 20.7. The van der Waals surface area contributed by atoms with Gasteiger partial charge >= 0.3 is 11.8 Å². The molecule has 0 unspecified atom stereocenters. The molecule has 1 saturated heterocycles. The Morgan fingerprint density at radius 3 is 2.83 bits per heavy atom. The van der Waals surface area contributed by atoms with Gasteiger partial charge in [0, 0.05) is 24.2 Å². The van der Waals surface area contributed by atoms with Crippen LogP contribution in [0.2, 0.25) is 0 Å². The Kier molecular flexibility index (Phi) is 6.28. The minimum atomic E-state index is -1.09. The van der Waals surface area contributed by atoms with E-state index < -0.39 is 40.8 Å². The molecule has 1 aliphatic rings. The number of nitro groups is 1. The second-order valence-corrected chi connectivity index (χ2v) is 6.65. The summed E-state index contributed by atoms with van der Waals surface area (Å²) in [6, 6.07) is 5.79. The number of aliphatic hydroxyl groups excluding tert-OH is 1. The van der Waals surface area contributed by atoms with Crippen LogP contribution in [0.25, 0.3) is 0 Å². The Morgan fingerprint density at radius 1 is 1.37 bits per heavy atom. The fourth-order valence-electron chi connectivity index (χ4n) is 2.98. The van der Waals surface area contributed by atoms with Gasteiger partial charge in [0.15, 0.2) is 0 Å². The number of H-pyrrole nitrogens is 1. The quantitative estimate of drug-likeness (QED) is 0.389. The Labute approximate surface area is 168 Å². The molecule has 1 fully saturated rings. The van der Waals surface area contributed by atoms with Gasteiger partial charge in [-0.25, -0.2) is 9.59 Å². The standard InChI is InChI=1S/C18H19N3O9/c1-10-7-20(17(24)19-16(10)23)15-6-13(22)14(30-15)9-29-18(25)28-8-11-4-2-3-5-12(11)21(26)27/h2-5,7,13-15,22H,6,8-9H2,1H3,(H,19,23,24)/t13-,14+,15+/m0/s1. The van der Waals surface area contributed by atoms with Gasteiger partial charge in [0.1, 0.15) is 25.5 Å². The number of benzene rings is 1. The summed E-state index contributed by atoms with van der Waals surface area (Å²) in [4.78, 5) is 47.7. The van der Waals surface area contributed by atoms with Crippen LogP contribution in [0.15, 0.2) is 40.1 Å². The molecule has 30 heavy (non-hydrogen) atoms. The van der Waals surface area contributed by atoms with Crippen molar-refractivity contribution < 1.29 is 29.0 Å². The number of rotatable bonds is 6. The molecule has 0 spiro atoms. The Bertz CT molecular complexity index is 1060. The zero-order chi connectivity index (χ0) is 21.8. The minimum absolute atomic E-state index is 0.0463. The van der Waals surface area contributed by atoms with E-state index >= 15 is 0 Å². The van der Waals surface area contributed by atoms with Gasteiger partial charge < -0.3 is 19.3 Å². The number of nitrogens with one attached hydrogen (secondary N) is 1. The highest BCUT2D eigenvalue weighted by Crippen LogP contribution is 2.28. The van der Waals surface area contributed by atoms with Crippen molar-refractivity contribution >= 4 is 11.8 Å². The number of aromatic nitrogens is 2. The van der Waals surface area contributed by atoms with Crippen molar-refractivity contribution in [1.29, 1.82) is 0 Å². The van der Waals surface area contributed by atoms with Crippen LogP contribution in [-0.2, 0) is 20.8 Å². The number of hydrogen-bond donors (Lipinski definition) is 2. The van der Waals surface area contributed by atoms with Crippen LogP contribution in [0.5, 0.6) is 0 Å². The molecular formula is C18H19N3O9. The average molecular weight is 421 g/mol. The van der Waals surface area contributed by atoms with Gasteiger partial charge in [-0.2, -0.15) is 0 Å². The number of aromatic amines is 1. The molecular weight excluding hydrogens is 402 g/mol. The molecule has 12 heteroatoms.